The van der Waals surface area contributed by atoms with E-state index in [9.17, 15) is 0 Å². The number of guanidine groups is 1. The number of aromatic nitrogens is 2. The van der Waals surface area contributed by atoms with E-state index in [1.165, 1.54) is 25.7 Å². The van der Waals surface area contributed by atoms with Gasteiger partial charge >= 0.3 is 0 Å². The van der Waals surface area contributed by atoms with E-state index in [2.05, 4.69) is 32.4 Å². The number of anilines is 1. The first-order valence-electron chi connectivity index (χ1n) is 11.0. The first-order valence-corrected chi connectivity index (χ1v) is 11.0. The van der Waals surface area contributed by atoms with Crippen molar-refractivity contribution >= 4 is 35.9 Å². The maximum Gasteiger partial charge on any atom is 0.225 e. The fourth-order valence-electron chi connectivity index (χ4n) is 5.82. The average molecular weight is 512 g/mol. The minimum Gasteiger partial charge on any atom is -0.377 e. The second kappa shape index (κ2) is 8.91. The van der Waals surface area contributed by atoms with Crippen LogP contribution in [0, 0.1) is 11.3 Å². The van der Waals surface area contributed by atoms with Gasteiger partial charge in [-0.1, -0.05) is 6.42 Å². The maximum absolute atomic E-state index is 6.07. The zero-order valence-corrected chi connectivity index (χ0v) is 19.5. The van der Waals surface area contributed by atoms with E-state index < -0.39 is 0 Å². The molecule has 0 radical (unpaired) electrons. The summed E-state index contributed by atoms with van der Waals surface area (Å²) in [7, 11) is 0. The molecule has 0 amide bonds. The Morgan fingerprint density at radius 3 is 2.79 bits per heavy atom. The molecule has 4 aliphatic rings. The first kappa shape index (κ1) is 21.1. The Balaban J connectivity index is 0.00000205. The van der Waals surface area contributed by atoms with Gasteiger partial charge in [0.15, 0.2) is 5.96 Å². The van der Waals surface area contributed by atoms with Crippen LogP contribution in [0.25, 0.3) is 0 Å². The molecule has 1 aromatic heterocycles. The summed E-state index contributed by atoms with van der Waals surface area (Å²) >= 11 is 0. The maximum atomic E-state index is 6.07. The Morgan fingerprint density at radius 2 is 2.07 bits per heavy atom. The number of halogens is 1. The predicted octanol–water partition coefficient (Wildman–Crippen LogP) is 2.58. The van der Waals surface area contributed by atoms with Crippen LogP contribution >= 0.6 is 24.0 Å². The zero-order valence-electron chi connectivity index (χ0n) is 17.2. The number of aliphatic imine (C=N–C) groups is 1. The van der Waals surface area contributed by atoms with Crippen LogP contribution in [0.5, 0.6) is 0 Å². The highest BCUT2D eigenvalue weighted by Gasteiger charge is 2.66. The second-order valence-electron chi connectivity index (χ2n) is 8.75. The molecule has 160 valence electrons. The van der Waals surface area contributed by atoms with E-state index in [1.807, 2.05) is 18.5 Å². The highest BCUT2D eigenvalue weighted by atomic mass is 127. The third-order valence-corrected chi connectivity index (χ3v) is 7.24. The van der Waals surface area contributed by atoms with Crippen LogP contribution in [0.2, 0.25) is 0 Å². The fraction of sp³-hybridized carbons (Fsp3) is 0.762. The van der Waals surface area contributed by atoms with Crippen molar-refractivity contribution in [1.29, 1.82) is 0 Å². The Hall–Kier alpha value is -1.16. The summed E-state index contributed by atoms with van der Waals surface area (Å²) in [6.07, 6.45) is 11.5. The van der Waals surface area contributed by atoms with Gasteiger partial charge in [0.25, 0.3) is 0 Å². The normalized spacial score (nSPS) is 32.6. The molecule has 0 aromatic carbocycles. The van der Waals surface area contributed by atoms with Crippen LogP contribution in [-0.4, -0.2) is 60.4 Å². The molecule has 2 saturated carbocycles. The van der Waals surface area contributed by atoms with E-state index in [-0.39, 0.29) is 24.0 Å². The number of nitrogens with one attached hydrogen (secondary N) is 2. The summed E-state index contributed by atoms with van der Waals surface area (Å²) < 4.78 is 6.07. The van der Waals surface area contributed by atoms with Gasteiger partial charge in [0.2, 0.25) is 5.95 Å². The number of nitrogens with zero attached hydrogens (tertiary/aromatic N) is 4. The summed E-state index contributed by atoms with van der Waals surface area (Å²) in [6.45, 7) is 5.76. The lowest BCUT2D eigenvalue weighted by atomic mass is 9.46. The van der Waals surface area contributed by atoms with Gasteiger partial charge in [0, 0.05) is 62.1 Å². The molecule has 4 unspecified atom stereocenters. The quantitative estimate of drug-likeness (QED) is 0.367. The standard InChI is InChI=1S/C21H32N6O.HI/c1-2-22-19(26-17-16-7-13-28-18(16)21(17)8-4-9-21)25-15-6-3-12-27(14-15)20-23-10-5-11-24-20;/h5,10-11,15-18H,2-4,6-9,12-14H2,1H3,(H2,22,25,26);1H. The largest absolute Gasteiger partial charge is 0.377 e. The van der Waals surface area contributed by atoms with Crippen LogP contribution in [0.4, 0.5) is 5.95 Å². The Bertz CT molecular complexity index is 712. The summed E-state index contributed by atoms with van der Waals surface area (Å²) in [5, 5.41) is 7.55. The number of hydrogen-bond donors (Lipinski definition) is 2. The first-order chi connectivity index (χ1) is 13.8. The van der Waals surface area contributed by atoms with Crippen LogP contribution in [0.15, 0.2) is 23.5 Å². The van der Waals surface area contributed by atoms with Crippen molar-refractivity contribution < 1.29 is 4.74 Å². The molecule has 4 atom stereocenters. The fourth-order valence-corrected chi connectivity index (χ4v) is 5.82. The molecule has 2 aliphatic carbocycles. The van der Waals surface area contributed by atoms with Crippen LogP contribution in [0.1, 0.15) is 45.4 Å². The molecule has 2 saturated heterocycles. The number of piperidine rings is 1. The highest BCUT2D eigenvalue weighted by molar-refractivity contribution is 14.0. The molecular formula is C21H33IN6O. The zero-order chi connectivity index (χ0) is 19.0. The minimum absolute atomic E-state index is 0. The number of ether oxygens (including phenoxy) is 1. The second-order valence-corrected chi connectivity index (χ2v) is 8.75. The molecule has 3 heterocycles. The van der Waals surface area contributed by atoms with Crippen molar-refractivity contribution in [1.82, 2.24) is 20.6 Å². The SMILES string of the molecule is CCN=C(NC1CCCN(c2ncccn2)C1)NC1C2CCOC2C12CCC2.I. The van der Waals surface area contributed by atoms with Gasteiger partial charge in [-0.15, -0.1) is 24.0 Å². The van der Waals surface area contributed by atoms with Gasteiger partial charge in [-0.3, -0.25) is 4.99 Å². The van der Waals surface area contributed by atoms with Crippen LogP contribution in [-0.2, 0) is 4.74 Å². The molecule has 1 aromatic rings. The summed E-state index contributed by atoms with van der Waals surface area (Å²) in [5.41, 5.74) is 0.369. The molecule has 5 rings (SSSR count). The molecule has 1 spiro atoms. The Labute approximate surface area is 190 Å². The lowest BCUT2D eigenvalue weighted by molar-refractivity contribution is -0.171. The predicted molar refractivity (Wildman–Crippen MR) is 125 cm³/mol. The molecular weight excluding hydrogens is 479 g/mol. The average Bonchev–Trinajstić information content (AvgIpc) is 3.11. The summed E-state index contributed by atoms with van der Waals surface area (Å²) in [6, 6.07) is 2.75. The summed E-state index contributed by atoms with van der Waals surface area (Å²) in [5.74, 6) is 2.46. The van der Waals surface area contributed by atoms with E-state index in [0.717, 1.165) is 51.0 Å². The van der Waals surface area contributed by atoms with Crippen molar-refractivity contribution in [3.8, 4) is 0 Å². The molecule has 2 aliphatic heterocycles. The van der Waals surface area contributed by atoms with Crippen molar-refractivity contribution in [3.63, 3.8) is 0 Å². The summed E-state index contributed by atoms with van der Waals surface area (Å²) in [4.78, 5) is 15.9. The van der Waals surface area contributed by atoms with Crippen molar-refractivity contribution in [2.24, 2.45) is 16.3 Å². The lowest BCUT2D eigenvalue weighted by Gasteiger charge is -2.63. The van der Waals surface area contributed by atoms with Crippen molar-refractivity contribution in [2.45, 2.75) is 63.6 Å². The van der Waals surface area contributed by atoms with Crippen molar-refractivity contribution in [2.75, 3.05) is 31.1 Å². The van der Waals surface area contributed by atoms with Gasteiger partial charge in [0.1, 0.15) is 0 Å². The van der Waals surface area contributed by atoms with Gasteiger partial charge < -0.3 is 20.3 Å². The molecule has 4 fully saturated rings. The lowest BCUT2D eigenvalue weighted by Crippen LogP contribution is -2.73. The van der Waals surface area contributed by atoms with Gasteiger partial charge in [-0.2, -0.15) is 0 Å². The molecule has 8 heteroatoms. The monoisotopic (exact) mass is 512 g/mol. The van der Waals surface area contributed by atoms with E-state index in [1.54, 1.807) is 0 Å². The topological polar surface area (TPSA) is 74.7 Å². The number of hydrogen-bond acceptors (Lipinski definition) is 5. The van der Waals surface area contributed by atoms with Crippen LogP contribution in [0.3, 0.4) is 0 Å². The van der Waals surface area contributed by atoms with Gasteiger partial charge in [-0.25, -0.2) is 9.97 Å². The molecule has 2 N–H and O–H groups in total. The molecule has 0 bridgehead atoms. The molecule has 29 heavy (non-hydrogen) atoms. The van der Waals surface area contributed by atoms with Gasteiger partial charge in [0.05, 0.1) is 6.10 Å². The smallest absolute Gasteiger partial charge is 0.225 e. The molecule has 7 nitrogen and oxygen atoms in total. The highest BCUT2D eigenvalue weighted by Crippen LogP contribution is 2.62. The van der Waals surface area contributed by atoms with E-state index >= 15 is 0 Å². The van der Waals surface area contributed by atoms with E-state index in [0.29, 0.717) is 29.5 Å². The minimum atomic E-state index is 0. The Morgan fingerprint density at radius 1 is 1.24 bits per heavy atom. The number of fused-ring (bicyclic) bond motifs is 2. The van der Waals surface area contributed by atoms with Crippen molar-refractivity contribution in [3.05, 3.63) is 18.5 Å². The van der Waals surface area contributed by atoms with Gasteiger partial charge in [-0.05, 0) is 45.1 Å². The van der Waals surface area contributed by atoms with Crippen LogP contribution < -0.4 is 15.5 Å². The number of rotatable bonds is 4. The third kappa shape index (κ3) is 3.82. The third-order valence-electron chi connectivity index (χ3n) is 7.24. The van der Waals surface area contributed by atoms with E-state index in [4.69, 9.17) is 9.73 Å². The Kier molecular flexibility index (Phi) is 6.48.